The SMILES string of the molecule is C[C@H](NCc1ccc(Cn2cncn2)cc1)c1ccsc1. The molecule has 1 N–H and O–H groups in total. The molecule has 2 heterocycles. The summed E-state index contributed by atoms with van der Waals surface area (Å²) in [5, 5.41) is 12.0. The number of thiophene rings is 1. The normalized spacial score (nSPS) is 12.4. The second kappa shape index (κ2) is 6.65. The topological polar surface area (TPSA) is 42.7 Å². The van der Waals surface area contributed by atoms with E-state index in [-0.39, 0.29) is 0 Å². The zero-order valence-corrected chi connectivity index (χ0v) is 12.8. The molecule has 0 aliphatic heterocycles. The van der Waals surface area contributed by atoms with Gasteiger partial charge in [-0.05, 0) is 40.4 Å². The third-order valence-electron chi connectivity index (χ3n) is 3.49. The molecule has 0 bridgehead atoms. The summed E-state index contributed by atoms with van der Waals surface area (Å²) < 4.78 is 1.83. The average Bonchev–Trinajstić information content (AvgIpc) is 3.19. The van der Waals surface area contributed by atoms with Gasteiger partial charge in [-0.2, -0.15) is 16.4 Å². The van der Waals surface area contributed by atoms with E-state index < -0.39 is 0 Å². The average molecular weight is 298 g/mol. The van der Waals surface area contributed by atoms with Crippen molar-refractivity contribution in [3.63, 3.8) is 0 Å². The van der Waals surface area contributed by atoms with Crippen molar-refractivity contribution in [2.24, 2.45) is 0 Å². The van der Waals surface area contributed by atoms with Crippen LogP contribution >= 0.6 is 11.3 Å². The molecule has 4 nitrogen and oxygen atoms in total. The first-order valence-electron chi connectivity index (χ1n) is 6.97. The smallest absolute Gasteiger partial charge is 0.137 e. The highest BCUT2D eigenvalue weighted by Crippen LogP contribution is 2.16. The van der Waals surface area contributed by atoms with E-state index in [0.717, 1.165) is 13.1 Å². The van der Waals surface area contributed by atoms with Gasteiger partial charge in [-0.3, -0.25) is 0 Å². The lowest BCUT2D eigenvalue weighted by molar-refractivity contribution is 0.576. The van der Waals surface area contributed by atoms with Crippen molar-refractivity contribution in [3.8, 4) is 0 Å². The number of hydrogen-bond donors (Lipinski definition) is 1. The molecule has 0 radical (unpaired) electrons. The lowest BCUT2D eigenvalue weighted by Crippen LogP contribution is -2.17. The van der Waals surface area contributed by atoms with E-state index in [1.54, 1.807) is 24.0 Å². The Morgan fingerprint density at radius 1 is 1.19 bits per heavy atom. The van der Waals surface area contributed by atoms with Gasteiger partial charge in [0.05, 0.1) is 6.54 Å². The number of aromatic nitrogens is 3. The van der Waals surface area contributed by atoms with Gasteiger partial charge in [-0.1, -0.05) is 24.3 Å². The van der Waals surface area contributed by atoms with Crippen molar-refractivity contribution >= 4 is 11.3 Å². The maximum absolute atomic E-state index is 4.12. The van der Waals surface area contributed by atoms with E-state index in [1.165, 1.54) is 16.7 Å². The Bertz CT molecular complexity index is 644. The van der Waals surface area contributed by atoms with E-state index in [1.807, 2.05) is 4.68 Å². The van der Waals surface area contributed by atoms with Gasteiger partial charge in [0, 0.05) is 12.6 Å². The van der Waals surface area contributed by atoms with E-state index in [2.05, 4.69) is 63.4 Å². The molecule has 0 fully saturated rings. The van der Waals surface area contributed by atoms with Crippen molar-refractivity contribution < 1.29 is 0 Å². The van der Waals surface area contributed by atoms with Crippen LogP contribution in [0.1, 0.15) is 29.7 Å². The minimum Gasteiger partial charge on any atom is -0.306 e. The van der Waals surface area contributed by atoms with Gasteiger partial charge in [0.1, 0.15) is 12.7 Å². The van der Waals surface area contributed by atoms with Crippen molar-refractivity contribution in [2.45, 2.75) is 26.1 Å². The molecule has 21 heavy (non-hydrogen) atoms. The molecule has 3 rings (SSSR count). The van der Waals surface area contributed by atoms with Gasteiger partial charge in [0.15, 0.2) is 0 Å². The first kappa shape index (κ1) is 14.0. The lowest BCUT2D eigenvalue weighted by Gasteiger charge is -2.12. The fraction of sp³-hybridized carbons (Fsp3) is 0.250. The molecular formula is C16H18N4S. The van der Waals surface area contributed by atoms with Crippen LogP contribution in [0, 0.1) is 0 Å². The highest BCUT2D eigenvalue weighted by molar-refractivity contribution is 7.07. The van der Waals surface area contributed by atoms with Crippen LogP contribution in [0.3, 0.4) is 0 Å². The van der Waals surface area contributed by atoms with Gasteiger partial charge in [0.25, 0.3) is 0 Å². The molecule has 5 heteroatoms. The Kier molecular flexibility index (Phi) is 4.43. The van der Waals surface area contributed by atoms with Crippen molar-refractivity contribution in [1.29, 1.82) is 0 Å². The number of benzene rings is 1. The summed E-state index contributed by atoms with van der Waals surface area (Å²) in [7, 11) is 0. The van der Waals surface area contributed by atoms with E-state index in [0.29, 0.717) is 6.04 Å². The monoisotopic (exact) mass is 298 g/mol. The Labute approximate surface area is 128 Å². The number of rotatable bonds is 6. The largest absolute Gasteiger partial charge is 0.306 e. The molecular weight excluding hydrogens is 280 g/mol. The van der Waals surface area contributed by atoms with Crippen LogP contribution in [-0.2, 0) is 13.1 Å². The van der Waals surface area contributed by atoms with Crippen LogP contribution in [0.2, 0.25) is 0 Å². The molecule has 0 aliphatic carbocycles. The minimum absolute atomic E-state index is 0.381. The minimum atomic E-state index is 0.381. The molecule has 0 amide bonds. The Balaban J connectivity index is 1.55. The van der Waals surface area contributed by atoms with Gasteiger partial charge >= 0.3 is 0 Å². The molecule has 0 saturated carbocycles. The van der Waals surface area contributed by atoms with E-state index in [9.17, 15) is 0 Å². The van der Waals surface area contributed by atoms with Gasteiger partial charge in [-0.25, -0.2) is 9.67 Å². The van der Waals surface area contributed by atoms with Crippen molar-refractivity contribution in [1.82, 2.24) is 20.1 Å². The summed E-state index contributed by atoms with van der Waals surface area (Å²) in [6.07, 6.45) is 3.29. The second-order valence-electron chi connectivity index (χ2n) is 5.07. The maximum Gasteiger partial charge on any atom is 0.137 e. The van der Waals surface area contributed by atoms with E-state index in [4.69, 9.17) is 0 Å². The van der Waals surface area contributed by atoms with Crippen LogP contribution < -0.4 is 5.32 Å². The molecule has 1 atom stereocenters. The fourth-order valence-electron chi connectivity index (χ4n) is 2.17. The standard InChI is InChI=1S/C16H18N4S/c1-13(16-6-7-21-10-16)18-8-14-2-4-15(5-3-14)9-20-12-17-11-19-20/h2-7,10-13,18H,8-9H2,1H3/t13-/m0/s1. The number of nitrogens with zero attached hydrogens (tertiary/aromatic N) is 3. The third-order valence-corrected chi connectivity index (χ3v) is 4.19. The predicted octanol–water partition coefficient (Wildman–Crippen LogP) is 3.24. The Hall–Kier alpha value is -1.98. The Morgan fingerprint density at radius 2 is 2.00 bits per heavy atom. The van der Waals surface area contributed by atoms with Crippen LogP contribution in [0.4, 0.5) is 0 Å². The molecule has 108 valence electrons. The zero-order valence-electron chi connectivity index (χ0n) is 11.9. The number of nitrogens with one attached hydrogen (secondary N) is 1. The molecule has 1 aromatic carbocycles. The van der Waals surface area contributed by atoms with Crippen LogP contribution in [-0.4, -0.2) is 14.8 Å². The summed E-state index contributed by atoms with van der Waals surface area (Å²) in [4.78, 5) is 3.95. The van der Waals surface area contributed by atoms with Crippen molar-refractivity contribution in [2.75, 3.05) is 0 Å². The summed E-state index contributed by atoms with van der Waals surface area (Å²) in [6, 6.07) is 11.2. The molecule has 0 unspecified atom stereocenters. The van der Waals surface area contributed by atoms with Crippen molar-refractivity contribution in [3.05, 3.63) is 70.4 Å². The quantitative estimate of drug-likeness (QED) is 0.759. The summed E-state index contributed by atoms with van der Waals surface area (Å²) in [6.45, 7) is 3.83. The summed E-state index contributed by atoms with van der Waals surface area (Å²) in [5.41, 5.74) is 3.87. The van der Waals surface area contributed by atoms with Crippen LogP contribution in [0.5, 0.6) is 0 Å². The van der Waals surface area contributed by atoms with E-state index >= 15 is 0 Å². The predicted molar refractivity (Wildman–Crippen MR) is 85.1 cm³/mol. The van der Waals surface area contributed by atoms with Gasteiger partial charge < -0.3 is 5.32 Å². The summed E-state index contributed by atoms with van der Waals surface area (Å²) in [5.74, 6) is 0. The zero-order chi connectivity index (χ0) is 14.5. The number of hydrogen-bond acceptors (Lipinski definition) is 4. The molecule has 0 aliphatic rings. The lowest BCUT2D eigenvalue weighted by atomic mass is 10.1. The molecule has 2 aromatic heterocycles. The summed E-state index contributed by atoms with van der Waals surface area (Å²) >= 11 is 1.74. The van der Waals surface area contributed by atoms with Crippen LogP contribution in [0.25, 0.3) is 0 Å². The molecule has 0 saturated heterocycles. The van der Waals surface area contributed by atoms with Gasteiger partial charge in [0.2, 0.25) is 0 Å². The first-order valence-corrected chi connectivity index (χ1v) is 7.91. The Morgan fingerprint density at radius 3 is 2.67 bits per heavy atom. The molecule has 0 spiro atoms. The van der Waals surface area contributed by atoms with Gasteiger partial charge in [-0.15, -0.1) is 0 Å². The maximum atomic E-state index is 4.12. The third kappa shape index (κ3) is 3.77. The van der Waals surface area contributed by atoms with Crippen LogP contribution in [0.15, 0.2) is 53.7 Å². The highest BCUT2D eigenvalue weighted by atomic mass is 32.1. The fourth-order valence-corrected chi connectivity index (χ4v) is 2.93. The molecule has 3 aromatic rings. The highest BCUT2D eigenvalue weighted by Gasteiger charge is 2.05. The second-order valence-corrected chi connectivity index (χ2v) is 5.85. The first-order chi connectivity index (χ1) is 10.3.